The van der Waals surface area contributed by atoms with Gasteiger partial charge in [0.2, 0.25) is 0 Å². The molecule has 2 aliphatic rings. The van der Waals surface area contributed by atoms with E-state index >= 15 is 0 Å². The van der Waals surface area contributed by atoms with E-state index in [0.717, 1.165) is 29.6 Å². The molecule has 0 aliphatic heterocycles. The Bertz CT molecular complexity index is 300. The van der Waals surface area contributed by atoms with E-state index in [-0.39, 0.29) is 0 Å². The predicted octanol–water partition coefficient (Wildman–Crippen LogP) is 6.16. The monoisotopic (exact) mass is 307 g/mol. The van der Waals surface area contributed by atoms with Crippen molar-refractivity contribution in [1.29, 1.82) is 0 Å². The Morgan fingerprint density at radius 3 is 2.09 bits per heavy atom. The molecule has 0 saturated heterocycles. The quantitative estimate of drug-likeness (QED) is 0.661. The molecule has 0 aromatic rings. The number of rotatable bonds is 4. The van der Waals surface area contributed by atoms with E-state index in [1.54, 1.807) is 0 Å². The van der Waals surface area contributed by atoms with Crippen LogP contribution in [-0.2, 0) is 0 Å². The first-order valence-electron chi connectivity index (χ1n) is 10.4. The molecule has 1 nitrogen and oxygen atoms in total. The lowest BCUT2D eigenvalue weighted by Gasteiger charge is -2.35. The van der Waals surface area contributed by atoms with Gasteiger partial charge in [0, 0.05) is 6.04 Å². The lowest BCUT2D eigenvalue weighted by atomic mass is 9.71. The largest absolute Gasteiger partial charge is 0.328 e. The highest BCUT2D eigenvalue weighted by atomic mass is 14.6. The first-order valence-corrected chi connectivity index (χ1v) is 10.4. The molecule has 0 aromatic heterocycles. The van der Waals surface area contributed by atoms with Crippen LogP contribution in [0, 0.1) is 29.6 Å². The van der Waals surface area contributed by atoms with Crippen LogP contribution in [0.4, 0.5) is 0 Å². The second-order valence-corrected chi connectivity index (χ2v) is 8.71. The Morgan fingerprint density at radius 1 is 0.773 bits per heavy atom. The highest BCUT2D eigenvalue weighted by molar-refractivity contribution is 4.85. The van der Waals surface area contributed by atoms with Gasteiger partial charge < -0.3 is 5.73 Å². The summed E-state index contributed by atoms with van der Waals surface area (Å²) in [5.41, 5.74) is 6.40. The standard InChI is InChI=1S/C21H41N/c1-4-5-8-18-11-14-19(22)13-10-17(3)21(15-12-18)20-9-6-7-16(20)2/h16-21H,4-15,22H2,1-3H3. The lowest BCUT2D eigenvalue weighted by Crippen LogP contribution is -2.29. The van der Waals surface area contributed by atoms with Gasteiger partial charge in [-0.1, -0.05) is 59.3 Å². The van der Waals surface area contributed by atoms with Gasteiger partial charge in [0.15, 0.2) is 0 Å². The summed E-state index contributed by atoms with van der Waals surface area (Å²) in [6.45, 7) is 7.38. The van der Waals surface area contributed by atoms with Crippen LogP contribution in [0.5, 0.6) is 0 Å². The van der Waals surface area contributed by atoms with Crippen LogP contribution in [0.3, 0.4) is 0 Å². The second kappa shape index (κ2) is 9.30. The number of hydrogen-bond acceptors (Lipinski definition) is 1. The summed E-state index contributed by atoms with van der Waals surface area (Å²) in [6.07, 6.45) is 16.9. The molecule has 0 spiro atoms. The Hall–Kier alpha value is -0.0400. The van der Waals surface area contributed by atoms with Crippen LogP contribution in [0.2, 0.25) is 0 Å². The minimum absolute atomic E-state index is 0.464. The first-order chi connectivity index (χ1) is 10.6. The molecule has 0 aromatic carbocycles. The Labute approximate surface area is 139 Å². The third-order valence-electron chi connectivity index (χ3n) is 7.02. The molecule has 2 N–H and O–H groups in total. The molecule has 0 radical (unpaired) electrons. The molecular formula is C21H41N. The van der Waals surface area contributed by atoms with Gasteiger partial charge in [-0.3, -0.25) is 0 Å². The van der Waals surface area contributed by atoms with E-state index in [1.165, 1.54) is 77.0 Å². The van der Waals surface area contributed by atoms with Gasteiger partial charge in [-0.25, -0.2) is 0 Å². The zero-order chi connectivity index (χ0) is 15.9. The van der Waals surface area contributed by atoms with Gasteiger partial charge >= 0.3 is 0 Å². The molecule has 0 heterocycles. The summed E-state index contributed by atoms with van der Waals surface area (Å²) in [7, 11) is 0. The summed E-state index contributed by atoms with van der Waals surface area (Å²) >= 11 is 0. The maximum atomic E-state index is 6.40. The topological polar surface area (TPSA) is 26.0 Å². The lowest BCUT2D eigenvalue weighted by molar-refractivity contribution is 0.156. The summed E-state index contributed by atoms with van der Waals surface area (Å²) in [5.74, 6) is 4.81. The maximum Gasteiger partial charge on any atom is 0.00390 e. The van der Waals surface area contributed by atoms with Gasteiger partial charge in [0.05, 0.1) is 0 Å². The van der Waals surface area contributed by atoms with Crippen molar-refractivity contribution < 1.29 is 0 Å². The van der Waals surface area contributed by atoms with E-state index in [2.05, 4.69) is 20.8 Å². The minimum Gasteiger partial charge on any atom is -0.328 e. The van der Waals surface area contributed by atoms with Crippen molar-refractivity contribution in [1.82, 2.24) is 0 Å². The second-order valence-electron chi connectivity index (χ2n) is 8.71. The van der Waals surface area contributed by atoms with Gasteiger partial charge in [-0.2, -0.15) is 0 Å². The Morgan fingerprint density at radius 2 is 1.41 bits per heavy atom. The van der Waals surface area contributed by atoms with Crippen molar-refractivity contribution >= 4 is 0 Å². The van der Waals surface area contributed by atoms with Crippen molar-refractivity contribution in [2.75, 3.05) is 0 Å². The van der Waals surface area contributed by atoms with Gasteiger partial charge in [0.1, 0.15) is 0 Å². The Balaban J connectivity index is 2.00. The molecule has 130 valence electrons. The highest BCUT2D eigenvalue weighted by Crippen LogP contribution is 2.44. The molecule has 2 saturated carbocycles. The molecule has 0 amide bonds. The molecule has 6 atom stereocenters. The smallest absolute Gasteiger partial charge is 0.00390 e. The molecule has 22 heavy (non-hydrogen) atoms. The SMILES string of the molecule is CCCCC1CCC(N)CCC(C)C(C2CCCC2C)CC1. The molecule has 2 rings (SSSR count). The van der Waals surface area contributed by atoms with Crippen molar-refractivity contribution in [3.63, 3.8) is 0 Å². The number of hydrogen-bond donors (Lipinski definition) is 1. The fourth-order valence-corrected chi connectivity index (χ4v) is 5.37. The third-order valence-corrected chi connectivity index (χ3v) is 7.02. The molecule has 0 bridgehead atoms. The van der Waals surface area contributed by atoms with E-state index in [0.29, 0.717) is 6.04 Å². The van der Waals surface area contributed by atoms with E-state index in [4.69, 9.17) is 5.73 Å². The normalized spacial score (nSPS) is 41.5. The Kier molecular flexibility index (Phi) is 7.74. The van der Waals surface area contributed by atoms with Crippen molar-refractivity contribution in [2.45, 2.75) is 104 Å². The zero-order valence-corrected chi connectivity index (χ0v) is 15.5. The van der Waals surface area contributed by atoms with Gasteiger partial charge in [-0.15, -0.1) is 0 Å². The highest BCUT2D eigenvalue weighted by Gasteiger charge is 2.34. The van der Waals surface area contributed by atoms with Crippen LogP contribution in [0.15, 0.2) is 0 Å². The average molecular weight is 308 g/mol. The summed E-state index contributed by atoms with van der Waals surface area (Å²) in [5, 5.41) is 0. The van der Waals surface area contributed by atoms with Crippen LogP contribution in [-0.4, -0.2) is 6.04 Å². The molecule has 2 aliphatic carbocycles. The average Bonchev–Trinajstić information content (AvgIpc) is 2.93. The zero-order valence-electron chi connectivity index (χ0n) is 15.5. The van der Waals surface area contributed by atoms with Crippen molar-refractivity contribution in [3.05, 3.63) is 0 Å². The first kappa shape index (κ1) is 18.3. The van der Waals surface area contributed by atoms with Crippen LogP contribution < -0.4 is 5.73 Å². The number of unbranched alkanes of at least 4 members (excludes halogenated alkanes) is 1. The number of nitrogens with two attached hydrogens (primary N) is 1. The van der Waals surface area contributed by atoms with E-state index < -0.39 is 0 Å². The van der Waals surface area contributed by atoms with E-state index in [9.17, 15) is 0 Å². The van der Waals surface area contributed by atoms with Gasteiger partial charge in [-0.05, 0) is 68.1 Å². The summed E-state index contributed by atoms with van der Waals surface area (Å²) in [4.78, 5) is 0. The molecule has 2 fully saturated rings. The van der Waals surface area contributed by atoms with Crippen LogP contribution >= 0.6 is 0 Å². The third kappa shape index (κ3) is 5.25. The molecule has 6 unspecified atom stereocenters. The van der Waals surface area contributed by atoms with E-state index in [1.807, 2.05) is 0 Å². The fourth-order valence-electron chi connectivity index (χ4n) is 5.37. The fraction of sp³-hybridized carbons (Fsp3) is 1.00. The van der Waals surface area contributed by atoms with Crippen molar-refractivity contribution in [2.24, 2.45) is 35.3 Å². The molecule has 1 heteroatoms. The maximum absolute atomic E-state index is 6.40. The van der Waals surface area contributed by atoms with Crippen molar-refractivity contribution in [3.8, 4) is 0 Å². The minimum atomic E-state index is 0.464. The predicted molar refractivity (Wildman–Crippen MR) is 97.9 cm³/mol. The summed E-state index contributed by atoms with van der Waals surface area (Å²) in [6, 6.07) is 0.464. The van der Waals surface area contributed by atoms with Gasteiger partial charge in [0.25, 0.3) is 0 Å². The van der Waals surface area contributed by atoms with Crippen LogP contribution in [0.25, 0.3) is 0 Å². The summed E-state index contributed by atoms with van der Waals surface area (Å²) < 4.78 is 0. The molecular weight excluding hydrogens is 266 g/mol. The van der Waals surface area contributed by atoms with Crippen LogP contribution in [0.1, 0.15) is 97.8 Å².